The van der Waals surface area contributed by atoms with E-state index in [0.29, 0.717) is 17.2 Å². The van der Waals surface area contributed by atoms with Crippen molar-refractivity contribution in [3.8, 4) is 10.6 Å². The van der Waals surface area contributed by atoms with Gasteiger partial charge < -0.3 is 10.1 Å². The molecule has 1 atom stereocenters. The number of ether oxygens (including phenoxy) is 1. The standard InChI is InChI=1S/C16H19FN2O2S/c1-4-21-9-14(20)18-10(2)15-11(3)19-16(22-15)12-7-5-6-8-13(12)17/h5-8,10H,4,9H2,1-3H3,(H,18,20)/t10-/m1/s1. The Bertz CT molecular complexity index is 657. The predicted molar refractivity (Wildman–Crippen MR) is 85.3 cm³/mol. The van der Waals surface area contributed by atoms with E-state index < -0.39 is 0 Å². The molecule has 0 saturated carbocycles. The van der Waals surface area contributed by atoms with Gasteiger partial charge in [-0.15, -0.1) is 11.3 Å². The maximum absolute atomic E-state index is 13.8. The van der Waals surface area contributed by atoms with E-state index >= 15 is 0 Å². The van der Waals surface area contributed by atoms with E-state index in [1.807, 2.05) is 20.8 Å². The van der Waals surface area contributed by atoms with Crippen LogP contribution in [0.5, 0.6) is 0 Å². The lowest BCUT2D eigenvalue weighted by Gasteiger charge is -2.12. The maximum atomic E-state index is 13.8. The first-order valence-corrected chi connectivity index (χ1v) is 7.94. The van der Waals surface area contributed by atoms with Gasteiger partial charge in [0.2, 0.25) is 5.91 Å². The highest BCUT2D eigenvalue weighted by Gasteiger charge is 2.18. The summed E-state index contributed by atoms with van der Waals surface area (Å²) in [5, 5.41) is 3.49. The zero-order chi connectivity index (χ0) is 16.1. The van der Waals surface area contributed by atoms with Gasteiger partial charge in [-0.3, -0.25) is 4.79 Å². The predicted octanol–water partition coefficient (Wildman–Crippen LogP) is 3.47. The molecule has 6 heteroatoms. The number of rotatable bonds is 6. The Kier molecular flexibility index (Phi) is 5.63. The van der Waals surface area contributed by atoms with Gasteiger partial charge in [0.25, 0.3) is 0 Å². The number of amides is 1. The molecule has 1 N–H and O–H groups in total. The zero-order valence-electron chi connectivity index (χ0n) is 12.9. The van der Waals surface area contributed by atoms with Crippen LogP contribution in [0, 0.1) is 12.7 Å². The normalized spacial score (nSPS) is 12.2. The third-order valence-electron chi connectivity index (χ3n) is 3.14. The Morgan fingerprint density at radius 1 is 1.45 bits per heavy atom. The summed E-state index contributed by atoms with van der Waals surface area (Å²) in [5.41, 5.74) is 1.28. The fourth-order valence-electron chi connectivity index (χ4n) is 2.10. The average Bonchev–Trinajstić information content (AvgIpc) is 2.87. The second-order valence-electron chi connectivity index (χ2n) is 4.87. The van der Waals surface area contributed by atoms with Crippen molar-refractivity contribution in [2.75, 3.05) is 13.2 Å². The first-order valence-electron chi connectivity index (χ1n) is 7.12. The number of carbonyl (C=O) groups is 1. The van der Waals surface area contributed by atoms with E-state index in [9.17, 15) is 9.18 Å². The molecule has 0 aliphatic heterocycles. The van der Waals surface area contributed by atoms with Gasteiger partial charge >= 0.3 is 0 Å². The Morgan fingerprint density at radius 3 is 2.86 bits per heavy atom. The Labute approximate surface area is 133 Å². The molecule has 0 aliphatic carbocycles. The van der Waals surface area contributed by atoms with Crippen LogP contribution in [0.4, 0.5) is 4.39 Å². The number of halogens is 1. The second-order valence-corrected chi connectivity index (χ2v) is 5.91. The van der Waals surface area contributed by atoms with Gasteiger partial charge in [0.1, 0.15) is 17.4 Å². The highest BCUT2D eigenvalue weighted by molar-refractivity contribution is 7.15. The summed E-state index contributed by atoms with van der Waals surface area (Å²) in [6, 6.07) is 6.36. The molecule has 0 bridgehead atoms. The number of aromatic nitrogens is 1. The van der Waals surface area contributed by atoms with E-state index in [0.717, 1.165) is 10.6 Å². The molecule has 1 amide bonds. The zero-order valence-corrected chi connectivity index (χ0v) is 13.7. The number of benzene rings is 1. The van der Waals surface area contributed by atoms with E-state index in [1.165, 1.54) is 17.4 Å². The molecule has 0 fully saturated rings. The molecule has 1 heterocycles. The summed E-state index contributed by atoms with van der Waals surface area (Å²) in [6.45, 7) is 6.12. The van der Waals surface area contributed by atoms with Crippen molar-refractivity contribution < 1.29 is 13.9 Å². The van der Waals surface area contributed by atoms with Crippen molar-refractivity contribution in [2.45, 2.75) is 26.8 Å². The molecule has 0 unspecified atom stereocenters. The SMILES string of the molecule is CCOCC(=O)N[C@H](C)c1sc(-c2ccccc2F)nc1C. The molecule has 118 valence electrons. The monoisotopic (exact) mass is 322 g/mol. The van der Waals surface area contributed by atoms with Crippen LogP contribution in [0.25, 0.3) is 10.6 Å². The maximum Gasteiger partial charge on any atom is 0.246 e. The number of aryl methyl sites for hydroxylation is 1. The van der Waals surface area contributed by atoms with Crippen LogP contribution in [0.15, 0.2) is 24.3 Å². The summed E-state index contributed by atoms with van der Waals surface area (Å²) in [4.78, 5) is 17.1. The lowest BCUT2D eigenvalue weighted by molar-refractivity contribution is -0.126. The molecule has 4 nitrogen and oxygen atoms in total. The number of nitrogens with one attached hydrogen (secondary N) is 1. The molecule has 2 aromatic rings. The smallest absolute Gasteiger partial charge is 0.246 e. The topological polar surface area (TPSA) is 51.2 Å². The van der Waals surface area contributed by atoms with Gasteiger partial charge in [0.15, 0.2) is 0 Å². The lowest BCUT2D eigenvalue weighted by Crippen LogP contribution is -2.30. The van der Waals surface area contributed by atoms with E-state index in [-0.39, 0.29) is 24.4 Å². The number of hydrogen-bond acceptors (Lipinski definition) is 4. The minimum Gasteiger partial charge on any atom is -0.372 e. The Hall–Kier alpha value is -1.79. The second kappa shape index (κ2) is 7.47. The molecule has 1 aromatic heterocycles. The van der Waals surface area contributed by atoms with Gasteiger partial charge in [-0.2, -0.15) is 0 Å². The molecular weight excluding hydrogens is 303 g/mol. The van der Waals surface area contributed by atoms with Crippen LogP contribution in [0.1, 0.15) is 30.5 Å². The molecular formula is C16H19FN2O2S. The van der Waals surface area contributed by atoms with Crippen LogP contribution in [-0.2, 0) is 9.53 Å². The largest absolute Gasteiger partial charge is 0.372 e. The Balaban J connectivity index is 2.16. The fourth-order valence-corrected chi connectivity index (χ4v) is 3.20. The fraction of sp³-hybridized carbons (Fsp3) is 0.375. The third-order valence-corrected chi connectivity index (χ3v) is 4.52. The third kappa shape index (κ3) is 3.90. The van der Waals surface area contributed by atoms with Crippen LogP contribution in [-0.4, -0.2) is 24.1 Å². The average molecular weight is 322 g/mol. The van der Waals surface area contributed by atoms with Gasteiger partial charge in [-0.25, -0.2) is 9.37 Å². The first-order chi connectivity index (χ1) is 10.5. The quantitative estimate of drug-likeness (QED) is 0.886. The number of hydrogen-bond donors (Lipinski definition) is 1. The van der Waals surface area contributed by atoms with Crippen molar-refractivity contribution in [3.05, 3.63) is 40.7 Å². The lowest BCUT2D eigenvalue weighted by atomic mass is 10.2. The summed E-state index contributed by atoms with van der Waals surface area (Å²) in [5.74, 6) is -0.467. The first kappa shape index (κ1) is 16.6. The molecule has 22 heavy (non-hydrogen) atoms. The van der Waals surface area contributed by atoms with E-state index in [4.69, 9.17) is 4.74 Å². The minimum absolute atomic E-state index is 0.0405. The molecule has 2 rings (SSSR count). The highest BCUT2D eigenvalue weighted by atomic mass is 32.1. The summed E-state index contributed by atoms with van der Waals surface area (Å²) in [7, 11) is 0. The van der Waals surface area contributed by atoms with Gasteiger partial charge in [0, 0.05) is 12.2 Å². The van der Waals surface area contributed by atoms with Gasteiger partial charge in [0.05, 0.1) is 16.6 Å². The summed E-state index contributed by atoms with van der Waals surface area (Å²) < 4.78 is 18.9. The highest BCUT2D eigenvalue weighted by Crippen LogP contribution is 2.32. The summed E-state index contributed by atoms with van der Waals surface area (Å²) in [6.07, 6.45) is 0. The molecule has 0 saturated heterocycles. The van der Waals surface area contributed by atoms with Crippen LogP contribution >= 0.6 is 11.3 Å². The van der Waals surface area contributed by atoms with Crippen molar-refractivity contribution in [1.82, 2.24) is 10.3 Å². The number of carbonyl (C=O) groups excluding carboxylic acids is 1. The molecule has 0 radical (unpaired) electrons. The van der Waals surface area contributed by atoms with E-state index in [1.54, 1.807) is 18.2 Å². The van der Waals surface area contributed by atoms with E-state index in [2.05, 4.69) is 10.3 Å². The molecule has 0 spiro atoms. The van der Waals surface area contributed by atoms with Crippen molar-refractivity contribution in [3.63, 3.8) is 0 Å². The summed E-state index contributed by atoms with van der Waals surface area (Å²) >= 11 is 1.39. The van der Waals surface area contributed by atoms with Gasteiger partial charge in [-0.05, 0) is 32.9 Å². The number of thiazole rings is 1. The van der Waals surface area contributed by atoms with Crippen molar-refractivity contribution >= 4 is 17.2 Å². The van der Waals surface area contributed by atoms with Crippen LogP contribution in [0.2, 0.25) is 0 Å². The van der Waals surface area contributed by atoms with Crippen LogP contribution in [0.3, 0.4) is 0 Å². The van der Waals surface area contributed by atoms with Crippen LogP contribution < -0.4 is 5.32 Å². The minimum atomic E-state index is -0.296. The van der Waals surface area contributed by atoms with Crippen molar-refractivity contribution in [1.29, 1.82) is 0 Å². The van der Waals surface area contributed by atoms with Gasteiger partial charge in [-0.1, -0.05) is 12.1 Å². The molecule has 1 aromatic carbocycles. The molecule has 0 aliphatic rings. The number of nitrogens with zero attached hydrogens (tertiary/aromatic N) is 1. The van der Waals surface area contributed by atoms with Crippen molar-refractivity contribution in [2.24, 2.45) is 0 Å². The Morgan fingerprint density at radius 2 is 2.18 bits per heavy atom.